The molecule has 0 heteroatoms. The summed E-state index contributed by atoms with van der Waals surface area (Å²) in [6.45, 7) is 0. The molecule has 0 amide bonds. The number of allylic oxidation sites excluding steroid dienone is 12. The quantitative estimate of drug-likeness (QED) is 0.147. The highest BCUT2D eigenvalue weighted by molar-refractivity contribution is 6.17. The van der Waals surface area contributed by atoms with E-state index >= 15 is 0 Å². The van der Waals surface area contributed by atoms with Crippen LogP contribution in [0.15, 0.2) is 243 Å². The summed E-state index contributed by atoms with van der Waals surface area (Å²) in [4.78, 5) is 0. The Labute approximate surface area is 363 Å². The molecule has 0 radical (unpaired) electrons. The average Bonchev–Trinajstić information content (AvgIpc) is 3.35. The Morgan fingerprint density at radius 3 is 1.35 bits per heavy atom. The fraction of sp³-hybridized carbons (Fsp3) is 0.0645. The van der Waals surface area contributed by atoms with Gasteiger partial charge in [0, 0.05) is 23.7 Å². The molecule has 62 heavy (non-hydrogen) atoms. The van der Waals surface area contributed by atoms with Crippen LogP contribution in [-0.2, 0) is 0 Å². The van der Waals surface area contributed by atoms with Crippen LogP contribution < -0.4 is 10.4 Å². The van der Waals surface area contributed by atoms with E-state index in [2.05, 4.69) is 243 Å². The number of hydrogen-bond donors (Lipinski definition) is 0. The second kappa shape index (κ2) is 15.2. The van der Waals surface area contributed by atoms with Crippen molar-refractivity contribution in [1.29, 1.82) is 0 Å². The molecule has 0 nitrogen and oxygen atoms in total. The first-order valence-corrected chi connectivity index (χ1v) is 22.0. The summed E-state index contributed by atoms with van der Waals surface area (Å²) >= 11 is 0. The average molecular weight is 789 g/mol. The molecule has 8 aromatic carbocycles. The lowest BCUT2D eigenvalue weighted by Crippen LogP contribution is -2.40. The van der Waals surface area contributed by atoms with Crippen LogP contribution in [0.1, 0.15) is 22.3 Å². The number of fused-ring (bicyclic) bond motifs is 5. The Kier molecular flexibility index (Phi) is 8.89. The molecule has 4 atom stereocenters. The number of benzene rings is 8. The van der Waals surface area contributed by atoms with Crippen molar-refractivity contribution in [1.82, 2.24) is 0 Å². The lowest BCUT2D eigenvalue weighted by atomic mass is 9.68. The Morgan fingerprint density at radius 1 is 0.306 bits per heavy atom. The van der Waals surface area contributed by atoms with Gasteiger partial charge >= 0.3 is 0 Å². The van der Waals surface area contributed by atoms with E-state index in [0.29, 0.717) is 11.8 Å². The van der Waals surface area contributed by atoms with Crippen molar-refractivity contribution >= 4 is 43.8 Å². The fourth-order valence-corrected chi connectivity index (χ4v) is 10.8. The zero-order chi connectivity index (χ0) is 41.0. The smallest absolute Gasteiger partial charge is 0.0138 e. The van der Waals surface area contributed by atoms with E-state index in [1.165, 1.54) is 98.8 Å². The molecule has 0 aromatic heterocycles. The lowest BCUT2D eigenvalue weighted by molar-refractivity contribution is 0.665. The molecule has 0 spiro atoms. The van der Waals surface area contributed by atoms with Crippen LogP contribution in [-0.4, -0.2) is 0 Å². The molecular formula is C62H44. The third-order valence-electron chi connectivity index (χ3n) is 13.6. The van der Waals surface area contributed by atoms with Gasteiger partial charge in [0.2, 0.25) is 0 Å². The highest BCUT2D eigenvalue weighted by atomic mass is 14.4. The molecule has 0 N–H and O–H groups in total. The van der Waals surface area contributed by atoms with Crippen molar-refractivity contribution < 1.29 is 0 Å². The Balaban J connectivity index is 1.08. The minimum absolute atomic E-state index is 0.143. The van der Waals surface area contributed by atoms with Gasteiger partial charge in [-0.3, -0.25) is 0 Å². The summed E-state index contributed by atoms with van der Waals surface area (Å²) in [6, 6.07) is 67.1. The van der Waals surface area contributed by atoms with Crippen molar-refractivity contribution in [2.45, 2.75) is 0 Å². The maximum atomic E-state index is 2.51. The second-order valence-electron chi connectivity index (χ2n) is 17.0. The Morgan fingerprint density at radius 2 is 0.758 bits per heavy atom. The summed E-state index contributed by atoms with van der Waals surface area (Å²) in [5, 5.41) is 7.82. The van der Waals surface area contributed by atoms with Crippen LogP contribution in [0.3, 0.4) is 0 Å². The van der Waals surface area contributed by atoms with Crippen molar-refractivity contribution in [3.05, 3.63) is 275 Å². The zero-order valence-electron chi connectivity index (χ0n) is 34.4. The van der Waals surface area contributed by atoms with E-state index in [4.69, 9.17) is 0 Å². The summed E-state index contributed by atoms with van der Waals surface area (Å²) in [6.07, 6.45) is 23.9. The minimum atomic E-state index is 0.143. The Bertz CT molecular complexity index is 3330. The maximum Gasteiger partial charge on any atom is 0.0138 e. The van der Waals surface area contributed by atoms with Crippen molar-refractivity contribution in [3.63, 3.8) is 0 Å². The fourth-order valence-electron chi connectivity index (χ4n) is 10.8. The first-order valence-electron chi connectivity index (χ1n) is 22.0. The molecule has 0 heterocycles. The van der Waals surface area contributed by atoms with Crippen LogP contribution in [0.2, 0.25) is 0 Å². The molecule has 0 saturated carbocycles. The number of rotatable bonds is 6. The van der Waals surface area contributed by atoms with Gasteiger partial charge in [0.25, 0.3) is 0 Å². The maximum absolute atomic E-state index is 2.51. The van der Waals surface area contributed by atoms with E-state index < -0.39 is 0 Å². The molecule has 8 aromatic rings. The van der Waals surface area contributed by atoms with Crippen LogP contribution in [0.4, 0.5) is 0 Å². The van der Waals surface area contributed by atoms with Crippen molar-refractivity contribution in [2.24, 2.45) is 23.7 Å². The standard InChI is InChI=1S/C62H44/c1-4-18-41(19-5-1)44-32-33-46-39-47(35-34-45(46)38-44)59-50-24-10-14-28-54(50)61(55-29-15-11-25-51(55)59)62-56-30-16-12-26-52(56)60(53-27-13-17-31-57(53)62)48-36-37-49(42-20-6-2-7-21-42)58(40-48)43-22-8-3-9-23-43/h1-40,45-46,52,56H. The third kappa shape index (κ3) is 6.06. The van der Waals surface area contributed by atoms with Crippen molar-refractivity contribution in [3.8, 4) is 22.3 Å². The van der Waals surface area contributed by atoms with E-state index in [1.807, 2.05) is 0 Å². The summed E-state index contributed by atoms with van der Waals surface area (Å²) in [7, 11) is 0. The van der Waals surface area contributed by atoms with E-state index in [0.717, 1.165) is 0 Å². The Hall–Kier alpha value is -7.54. The van der Waals surface area contributed by atoms with Gasteiger partial charge in [-0.05, 0) is 105 Å². The normalized spacial score (nSPS) is 19.8. The van der Waals surface area contributed by atoms with Gasteiger partial charge in [0.1, 0.15) is 0 Å². The zero-order valence-corrected chi connectivity index (χ0v) is 34.4. The van der Waals surface area contributed by atoms with Gasteiger partial charge in [0.15, 0.2) is 0 Å². The molecule has 0 fully saturated rings. The highest BCUT2D eigenvalue weighted by Gasteiger charge is 2.34. The van der Waals surface area contributed by atoms with Gasteiger partial charge < -0.3 is 0 Å². The molecule has 0 bridgehead atoms. The van der Waals surface area contributed by atoms with Crippen LogP contribution >= 0.6 is 0 Å². The minimum Gasteiger partial charge on any atom is -0.0761 e. The number of hydrogen-bond acceptors (Lipinski definition) is 0. The summed E-state index contributed by atoms with van der Waals surface area (Å²) in [5.41, 5.74) is 15.5. The third-order valence-corrected chi connectivity index (χ3v) is 13.6. The topological polar surface area (TPSA) is 0 Å². The molecule has 4 unspecified atom stereocenters. The first kappa shape index (κ1) is 36.3. The van der Waals surface area contributed by atoms with Gasteiger partial charge in [0.05, 0.1) is 0 Å². The van der Waals surface area contributed by atoms with Gasteiger partial charge in [-0.25, -0.2) is 0 Å². The molecule has 12 rings (SSSR count). The lowest BCUT2D eigenvalue weighted by Gasteiger charge is -2.35. The van der Waals surface area contributed by atoms with E-state index in [9.17, 15) is 0 Å². The monoisotopic (exact) mass is 788 g/mol. The van der Waals surface area contributed by atoms with Crippen molar-refractivity contribution in [2.75, 3.05) is 0 Å². The molecule has 4 aliphatic rings. The highest BCUT2D eigenvalue weighted by Crippen LogP contribution is 2.48. The first-order chi connectivity index (χ1) is 30.8. The summed E-state index contributed by atoms with van der Waals surface area (Å²) < 4.78 is 0. The second-order valence-corrected chi connectivity index (χ2v) is 17.0. The van der Waals surface area contributed by atoms with Gasteiger partial charge in [-0.2, -0.15) is 0 Å². The molecule has 292 valence electrons. The van der Waals surface area contributed by atoms with Gasteiger partial charge in [-0.1, -0.05) is 237 Å². The molecule has 0 aliphatic heterocycles. The molecule has 0 saturated heterocycles. The predicted molar refractivity (Wildman–Crippen MR) is 262 cm³/mol. The predicted octanol–water partition coefficient (Wildman–Crippen LogP) is 13.9. The van der Waals surface area contributed by atoms with Crippen LogP contribution in [0.5, 0.6) is 0 Å². The van der Waals surface area contributed by atoms with E-state index in [1.54, 1.807) is 0 Å². The van der Waals surface area contributed by atoms with Crippen LogP contribution in [0.25, 0.3) is 66.1 Å². The summed E-state index contributed by atoms with van der Waals surface area (Å²) in [5.74, 6) is 0.930. The SMILES string of the molecule is C1=CC2C(c3ccc(-c4ccccc4)c(-c4ccccc4)c3)=c3ccccc3=C(c3c4ccccc4c(C4=CC5C=CC(c6ccccc6)=CC5C=C4)c4ccccc34)C2C=C1. The van der Waals surface area contributed by atoms with Crippen LogP contribution in [0, 0.1) is 23.7 Å². The largest absolute Gasteiger partial charge is 0.0761 e. The molecule has 4 aliphatic carbocycles. The van der Waals surface area contributed by atoms with E-state index in [-0.39, 0.29) is 11.8 Å². The van der Waals surface area contributed by atoms with Gasteiger partial charge in [-0.15, -0.1) is 0 Å². The molecular weight excluding hydrogens is 745 g/mol.